The number of H-pyrrole nitrogens is 1. The van der Waals surface area contributed by atoms with Crippen LogP contribution >= 0.6 is 10.8 Å². The second-order valence-corrected chi connectivity index (χ2v) is 8.69. The molecule has 0 spiro atoms. The second-order valence-electron chi connectivity index (χ2n) is 6.58. The molecule has 2 heterocycles. The van der Waals surface area contributed by atoms with E-state index < -0.39 is 17.1 Å². The van der Waals surface area contributed by atoms with Gasteiger partial charge in [0.25, 0.3) is 0 Å². The standard InChI is InChI=1S/C19H16F3N3O3S/c20-19(21,22)28-14-6-7-15-16(11-23)18(24-17(15)10-14)12-2-4-13(5-3-12)25-8-1-9-29(25,26)27/h2-7,10,24,26-27H,1,8-9H2. The van der Waals surface area contributed by atoms with Crippen LogP contribution in [0.2, 0.25) is 0 Å². The van der Waals surface area contributed by atoms with E-state index in [1.807, 2.05) is 0 Å². The van der Waals surface area contributed by atoms with Crippen molar-refractivity contribution >= 4 is 27.4 Å². The van der Waals surface area contributed by atoms with Gasteiger partial charge in [0.2, 0.25) is 0 Å². The van der Waals surface area contributed by atoms with Gasteiger partial charge < -0.3 is 9.72 Å². The number of benzene rings is 2. The Kier molecular flexibility index (Phi) is 4.61. The number of alkyl halides is 3. The Morgan fingerprint density at radius 3 is 2.45 bits per heavy atom. The van der Waals surface area contributed by atoms with Crippen LogP contribution in [-0.4, -0.2) is 32.7 Å². The number of aromatic amines is 1. The summed E-state index contributed by atoms with van der Waals surface area (Å²) in [7, 11) is -2.80. The van der Waals surface area contributed by atoms with Crippen molar-refractivity contribution in [3.8, 4) is 23.1 Å². The summed E-state index contributed by atoms with van der Waals surface area (Å²) >= 11 is 0. The van der Waals surface area contributed by atoms with E-state index in [9.17, 15) is 27.5 Å². The van der Waals surface area contributed by atoms with Crippen molar-refractivity contribution in [3.63, 3.8) is 0 Å². The third-order valence-electron chi connectivity index (χ3n) is 4.69. The monoisotopic (exact) mass is 423 g/mol. The van der Waals surface area contributed by atoms with E-state index >= 15 is 0 Å². The predicted octanol–water partition coefficient (Wildman–Crippen LogP) is 5.48. The normalized spacial score (nSPS) is 17.3. The Bertz CT molecular complexity index is 1100. The van der Waals surface area contributed by atoms with Gasteiger partial charge in [0.15, 0.2) is 0 Å². The molecule has 1 aromatic heterocycles. The zero-order valence-electron chi connectivity index (χ0n) is 14.9. The van der Waals surface area contributed by atoms with Crippen LogP contribution in [0, 0.1) is 11.3 Å². The molecule has 152 valence electrons. The molecule has 0 atom stereocenters. The molecule has 0 unspecified atom stereocenters. The van der Waals surface area contributed by atoms with Crippen molar-refractivity contribution in [2.24, 2.45) is 0 Å². The smallest absolute Gasteiger partial charge is 0.406 e. The van der Waals surface area contributed by atoms with Crippen LogP contribution in [0.1, 0.15) is 12.0 Å². The van der Waals surface area contributed by atoms with Gasteiger partial charge in [-0.25, -0.2) is 0 Å². The summed E-state index contributed by atoms with van der Waals surface area (Å²) in [5, 5.41) is 10.0. The Balaban J connectivity index is 1.71. The zero-order valence-corrected chi connectivity index (χ0v) is 15.7. The average molecular weight is 423 g/mol. The Labute approximate surface area is 165 Å². The van der Waals surface area contributed by atoms with Gasteiger partial charge in [-0.15, -0.1) is 23.9 Å². The molecule has 0 amide bonds. The van der Waals surface area contributed by atoms with Crippen molar-refractivity contribution in [3.05, 3.63) is 48.0 Å². The number of anilines is 1. The lowest BCUT2D eigenvalue weighted by atomic mass is 10.1. The summed E-state index contributed by atoms with van der Waals surface area (Å²) in [5.41, 5.74) is 2.41. The molecule has 10 heteroatoms. The van der Waals surface area contributed by atoms with E-state index in [-0.39, 0.29) is 5.75 Å². The van der Waals surface area contributed by atoms with Gasteiger partial charge in [-0.3, -0.25) is 13.4 Å². The van der Waals surface area contributed by atoms with Crippen LogP contribution in [0.15, 0.2) is 42.5 Å². The minimum absolute atomic E-state index is 0.303. The highest BCUT2D eigenvalue weighted by molar-refractivity contribution is 8.25. The fraction of sp³-hybridized carbons (Fsp3) is 0.211. The average Bonchev–Trinajstić information content (AvgIpc) is 3.19. The molecular weight excluding hydrogens is 407 g/mol. The molecule has 29 heavy (non-hydrogen) atoms. The van der Waals surface area contributed by atoms with E-state index in [0.717, 1.165) is 6.07 Å². The first-order valence-corrected chi connectivity index (χ1v) is 10.3. The van der Waals surface area contributed by atoms with Crippen LogP contribution in [-0.2, 0) is 0 Å². The Hall–Kier alpha value is -2.87. The van der Waals surface area contributed by atoms with Crippen LogP contribution in [0.4, 0.5) is 18.9 Å². The van der Waals surface area contributed by atoms with Crippen LogP contribution in [0.25, 0.3) is 22.2 Å². The van der Waals surface area contributed by atoms with Gasteiger partial charge in [-0.2, -0.15) is 5.26 Å². The maximum absolute atomic E-state index is 12.5. The molecule has 6 nitrogen and oxygen atoms in total. The molecule has 1 aliphatic heterocycles. The summed E-state index contributed by atoms with van der Waals surface area (Å²) in [6, 6.07) is 12.7. The van der Waals surface area contributed by atoms with E-state index in [1.165, 1.54) is 12.1 Å². The molecule has 4 rings (SSSR count). The number of ether oxygens (including phenoxy) is 1. The Morgan fingerprint density at radius 2 is 1.86 bits per heavy atom. The van der Waals surface area contributed by atoms with Gasteiger partial charge in [-0.05, 0) is 36.2 Å². The van der Waals surface area contributed by atoms with Crippen molar-refractivity contribution in [1.82, 2.24) is 4.98 Å². The van der Waals surface area contributed by atoms with E-state index in [1.54, 1.807) is 28.6 Å². The third kappa shape index (κ3) is 3.72. The largest absolute Gasteiger partial charge is 0.573 e. The minimum atomic E-state index is -4.80. The number of aromatic nitrogens is 1. The molecule has 0 radical (unpaired) electrons. The molecule has 2 aromatic carbocycles. The first kappa shape index (κ1) is 19.4. The number of nitrogens with one attached hydrogen (secondary N) is 1. The van der Waals surface area contributed by atoms with Crippen molar-refractivity contribution < 1.29 is 27.0 Å². The summed E-state index contributed by atoms with van der Waals surface area (Å²) in [6.45, 7) is 0.541. The summed E-state index contributed by atoms with van der Waals surface area (Å²) < 4.78 is 63.1. The maximum Gasteiger partial charge on any atom is 0.573 e. The summed E-state index contributed by atoms with van der Waals surface area (Å²) in [5.74, 6) is -0.0469. The van der Waals surface area contributed by atoms with E-state index in [4.69, 9.17) is 0 Å². The van der Waals surface area contributed by atoms with E-state index in [2.05, 4.69) is 15.8 Å². The lowest BCUT2D eigenvalue weighted by molar-refractivity contribution is -0.274. The fourth-order valence-corrected chi connectivity index (χ4v) is 5.07. The van der Waals surface area contributed by atoms with E-state index in [0.29, 0.717) is 52.1 Å². The first-order valence-electron chi connectivity index (χ1n) is 8.63. The molecular formula is C19H16F3N3O3S. The number of hydrogen-bond acceptors (Lipinski definition) is 5. The van der Waals surface area contributed by atoms with Crippen LogP contribution in [0.3, 0.4) is 0 Å². The lowest BCUT2D eigenvalue weighted by Gasteiger charge is -2.38. The number of hydrogen-bond donors (Lipinski definition) is 3. The first-order chi connectivity index (χ1) is 13.7. The molecule has 1 saturated heterocycles. The predicted molar refractivity (Wildman–Crippen MR) is 105 cm³/mol. The lowest BCUT2D eigenvalue weighted by Crippen LogP contribution is -2.21. The SMILES string of the molecule is N#Cc1c(-c2ccc(N3CCCS3(O)O)cc2)[nH]c2cc(OC(F)(F)F)ccc12. The third-order valence-corrected chi connectivity index (χ3v) is 6.63. The van der Waals surface area contributed by atoms with Gasteiger partial charge in [-0.1, -0.05) is 12.1 Å². The minimum Gasteiger partial charge on any atom is -0.406 e. The van der Waals surface area contributed by atoms with Crippen LogP contribution in [0.5, 0.6) is 5.75 Å². The van der Waals surface area contributed by atoms with Crippen LogP contribution < -0.4 is 9.04 Å². The molecule has 1 fully saturated rings. The quantitative estimate of drug-likeness (QED) is 0.519. The highest BCUT2D eigenvalue weighted by Crippen LogP contribution is 2.51. The second kappa shape index (κ2) is 6.88. The molecule has 3 aromatic rings. The van der Waals surface area contributed by atoms with Gasteiger partial charge in [0, 0.05) is 18.0 Å². The van der Waals surface area contributed by atoms with Gasteiger partial charge in [0.05, 0.1) is 28.2 Å². The molecule has 0 saturated carbocycles. The van der Waals surface area contributed by atoms with Crippen molar-refractivity contribution in [2.75, 3.05) is 16.6 Å². The zero-order chi connectivity index (χ0) is 20.8. The number of rotatable bonds is 3. The maximum atomic E-state index is 12.5. The fourth-order valence-electron chi connectivity index (χ4n) is 3.46. The van der Waals surface area contributed by atoms with Gasteiger partial charge in [0.1, 0.15) is 11.8 Å². The highest BCUT2D eigenvalue weighted by atomic mass is 32.3. The van der Waals surface area contributed by atoms with Crippen molar-refractivity contribution in [1.29, 1.82) is 5.26 Å². The topological polar surface area (TPSA) is 92.5 Å². The summed E-state index contributed by atoms with van der Waals surface area (Å²) in [4.78, 5) is 2.99. The van der Waals surface area contributed by atoms with Crippen molar-refractivity contribution in [2.45, 2.75) is 12.8 Å². The molecule has 3 N–H and O–H groups in total. The molecule has 1 aliphatic rings. The Morgan fingerprint density at radius 1 is 1.14 bits per heavy atom. The highest BCUT2D eigenvalue weighted by Gasteiger charge is 2.31. The number of halogens is 3. The number of fused-ring (bicyclic) bond motifs is 1. The molecule has 0 bridgehead atoms. The van der Waals surface area contributed by atoms with Gasteiger partial charge >= 0.3 is 6.36 Å². The number of nitrogens with zero attached hydrogens (tertiary/aromatic N) is 2. The number of nitriles is 1. The molecule has 0 aliphatic carbocycles. The summed E-state index contributed by atoms with van der Waals surface area (Å²) in [6.07, 6.45) is -4.11.